The van der Waals surface area contributed by atoms with Crippen molar-refractivity contribution in [1.29, 1.82) is 0 Å². The summed E-state index contributed by atoms with van der Waals surface area (Å²) in [4.78, 5) is 15.1. The molecule has 5 unspecified atom stereocenters. The monoisotopic (exact) mass is 425 g/mol. The van der Waals surface area contributed by atoms with Crippen LogP contribution in [0.15, 0.2) is 18.2 Å². The Hall–Kier alpha value is -1.42. The van der Waals surface area contributed by atoms with Gasteiger partial charge in [0.2, 0.25) is 0 Å². The Morgan fingerprint density at radius 3 is 2.61 bits per heavy atom. The molecule has 5 atom stereocenters. The molecular formula is C27H36FNO2. The topological polar surface area (TPSA) is 29.5 Å². The molecule has 31 heavy (non-hydrogen) atoms. The molecule has 4 fully saturated rings. The standard InChI is InChI=1S/C27H36FNO2/c1-26-7-6-21-20-5-3-19(29-12-8-27(9-13-29)10-14-31-15-11-27)16-18(20)2-4-22(21)23(26)17-24(28)25(26)30/h3,5,16,21-24H,2,4,6-15,17H2,1H3. The number of carbonyl (C=O) groups is 1. The van der Waals surface area contributed by atoms with Gasteiger partial charge in [-0.25, -0.2) is 4.39 Å². The van der Waals surface area contributed by atoms with E-state index in [-0.39, 0.29) is 11.7 Å². The largest absolute Gasteiger partial charge is 0.381 e. The number of anilines is 1. The van der Waals surface area contributed by atoms with Crippen LogP contribution in [0.2, 0.25) is 0 Å². The molecule has 4 heteroatoms. The van der Waals surface area contributed by atoms with Crippen LogP contribution >= 0.6 is 0 Å². The summed E-state index contributed by atoms with van der Waals surface area (Å²) < 4.78 is 20.0. The average molecular weight is 426 g/mol. The zero-order valence-corrected chi connectivity index (χ0v) is 18.9. The number of rotatable bonds is 1. The molecule has 1 spiro atoms. The molecule has 2 saturated heterocycles. The van der Waals surface area contributed by atoms with Crippen molar-refractivity contribution < 1.29 is 13.9 Å². The minimum Gasteiger partial charge on any atom is -0.381 e. The lowest BCUT2D eigenvalue weighted by Gasteiger charge is -2.48. The van der Waals surface area contributed by atoms with Crippen molar-refractivity contribution in [2.45, 2.75) is 76.8 Å². The van der Waals surface area contributed by atoms with E-state index >= 15 is 0 Å². The number of benzene rings is 1. The number of hydrogen-bond donors (Lipinski definition) is 0. The Morgan fingerprint density at radius 1 is 1.06 bits per heavy atom. The summed E-state index contributed by atoms with van der Waals surface area (Å²) in [5, 5.41) is 0. The molecule has 0 radical (unpaired) electrons. The van der Waals surface area contributed by atoms with E-state index in [1.165, 1.54) is 42.5 Å². The van der Waals surface area contributed by atoms with Gasteiger partial charge in [-0.1, -0.05) is 13.0 Å². The molecule has 168 valence electrons. The first-order valence-electron chi connectivity index (χ1n) is 12.6. The number of halogens is 1. The fraction of sp³-hybridized carbons (Fsp3) is 0.741. The van der Waals surface area contributed by atoms with Gasteiger partial charge in [0.1, 0.15) is 0 Å². The molecule has 2 saturated carbocycles. The lowest BCUT2D eigenvalue weighted by atomic mass is 9.55. The minimum atomic E-state index is -1.23. The number of aryl methyl sites for hydroxylation is 1. The Labute approximate surface area is 185 Å². The van der Waals surface area contributed by atoms with Gasteiger partial charge in [0.25, 0.3) is 0 Å². The van der Waals surface area contributed by atoms with E-state index in [9.17, 15) is 9.18 Å². The predicted molar refractivity (Wildman–Crippen MR) is 120 cm³/mol. The first-order chi connectivity index (χ1) is 15.0. The van der Waals surface area contributed by atoms with Crippen LogP contribution < -0.4 is 4.90 Å². The predicted octanol–water partition coefficient (Wildman–Crippen LogP) is 5.46. The molecule has 0 aromatic heterocycles. The van der Waals surface area contributed by atoms with Crippen molar-refractivity contribution >= 4 is 11.5 Å². The molecule has 0 amide bonds. The Bertz CT molecular complexity index is 868. The number of piperidine rings is 1. The summed E-state index contributed by atoms with van der Waals surface area (Å²) in [6.45, 7) is 6.25. The van der Waals surface area contributed by atoms with E-state index in [1.54, 1.807) is 0 Å². The highest BCUT2D eigenvalue weighted by molar-refractivity contribution is 5.91. The number of hydrogen-bond acceptors (Lipinski definition) is 3. The molecular weight excluding hydrogens is 389 g/mol. The van der Waals surface area contributed by atoms with Gasteiger partial charge in [-0.05, 0) is 104 Å². The number of alkyl halides is 1. The van der Waals surface area contributed by atoms with Crippen LogP contribution in [0.3, 0.4) is 0 Å². The van der Waals surface area contributed by atoms with E-state index < -0.39 is 11.6 Å². The number of nitrogens with zero attached hydrogens (tertiary/aromatic N) is 1. The van der Waals surface area contributed by atoms with Crippen LogP contribution in [0.4, 0.5) is 10.1 Å². The van der Waals surface area contributed by atoms with Gasteiger partial charge in [0, 0.05) is 37.4 Å². The first kappa shape index (κ1) is 20.2. The molecule has 3 nitrogen and oxygen atoms in total. The number of carbonyl (C=O) groups excluding carboxylic acids is 1. The highest BCUT2D eigenvalue weighted by atomic mass is 19.1. The molecule has 2 heterocycles. The van der Waals surface area contributed by atoms with Gasteiger partial charge in [-0.15, -0.1) is 0 Å². The average Bonchev–Trinajstić information content (AvgIpc) is 3.03. The van der Waals surface area contributed by atoms with Gasteiger partial charge in [0.15, 0.2) is 12.0 Å². The molecule has 5 aliphatic rings. The third-order valence-electron chi connectivity index (χ3n) is 10.2. The second kappa shape index (κ2) is 7.30. The quantitative estimate of drug-likeness (QED) is 0.599. The van der Waals surface area contributed by atoms with Crippen molar-refractivity contribution in [3.05, 3.63) is 29.3 Å². The summed E-state index contributed by atoms with van der Waals surface area (Å²) in [6, 6.07) is 7.18. The molecule has 3 aliphatic carbocycles. The maximum Gasteiger partial charge on any atom is 0.173 e. The second-order valence-corrected chi connectivity index (χ2v) is 11.4. The fourth-order valence-corrected chi connectivity index (χ4v) is 8.06. The number of Topliss-reactive ketones (excluding diaryl/α,β-unsaturated/α-hetero) is 1. The van der Waals surface area contributed by atoms with Crippen molar-refractivity contribution in [2.24, 2.45) is 22.7 Å². The highest BCUT2D eigenvalue weighted by Gasteiger charge is 2.58. The van der Waals surface area contributed by atoms with Gasteiger partial charge in [0.05, 0.1) is 0 Å². The van der Waals surface area contributed by atoms with Crippen LogP contribution in [0, 0.1) is 22.7 Å². The van der Waals surface area contributed by atoms with E-state index in [2.05, 4.69) is 30.0 Å². The molecule has 0 bridgehead atoms. The van der Waals surface area contributed by atoms with E-state index in [4.69, 9.17) is 4.74 Å². The van der Waals surface area contributed by atoms with Crippen LogP contribution in [-0.4, -0.2) is 38.3 Å². The van der Waals surface area contributed by atoms with Crippen molar-refractivity contribution in [1.82, 2.24) is 0 Å². The van der Waals surface area contributed by atoms with Gasteiger partial charge in [-0.3, -0.25) is 4.79 Å². The minimum absolute atomic E-state index is 0.107. The van der Waals surface area contributed by atoms with E-state index in [1.807, 2.05) is 0 Å². The Balaban J connectivity index is 1.20. The lowest BCUT2D eigenvalue weighted by Crippen LogP contribution is -2.43. The van der Waals surface area contributed by atoms with Crippen LogP contribution in [0.5, 0.6) is 0 Å². The molecule has 0 N–H and O–H groups in total. The zero-order valence-electron chi connectivity index (χ0n) is 18.9. The Morgan fingerprint density at radius 2 is 1.84 bits per heavy atom. The Kier molecular flexibility index (Phi) is 4.76. The highest BCUT2D eigenvalue weighted by Crippen LogP contribution is 2.60. The van der Waals surface area contributed by atoms with Crippen molar-refractivity contribution in [3.63, 3.8) is 0 Å². The van der Waals surface area contributed by atoms with Crippen LogP contribution in [0.1, 0.15) is 75.3 Å². The van der Waals surface area contributed by atoms with E-state index in [0.29, 0.717) is 23.7 Å². The van der Waals surface area contributed by atoms with Crippen LogP contribution in [0.25, 0.3) is 0 Å². The van der Waals surface area contributed by atoms with E-state index in [0.717, 1.165) is 52.0 Å². The summed E-state index contributed by atoms with van der Waals surface area (Å²) in [6.07, 6.45) is 8.37. The maximum absolute atomic E-state index is 14.3. The lowest BCUT2D eigenvalue weighted by molar-refractivity contribution is -0.132. The first-order valence-corrected chi connectivity index (χ1v) is 12.6. The van der Waals surface area contributed by atoms with Gasteiger partial charge >= 0.3 is 0 Å². The van der Waals surface area contributed by atoms with Crippen LogP contribution in [-0.2, 0) is 16.0 Å². The SMILES string of the molecule is CC12CCC3c4ccc(N5CCC6(CCOCC6)CC5)cc4CCC3C1CC(F)C2=O. The molecule has 2 aliphatic heterocycles. The number of ether oxygens (including phenoxy) is 1. The van der Waals surface area contributed by atoms with Gasteiger partial charge in [-0.2, -0.15) is 0 Å². The number of fused-ring (bicyclic) bond motifs is 5. The summed E-state index contributed by atoms with van der Waals surface area (Å²) in [5.74, 6) is 1.12. The zero-order chi connectivity index (χ0) is 21.2. The van der Waals surface area contributed by atoms with Gasteiger partial charge < -0.3 is 9.64 Å². The maximum atomic E-state index is 14.3. The van der Waals surface area contributed by atoms with Crippen molar-refractivity contribution in [3.8, 4) is 0 Å². The third-order valence-corrected chi connectivity index (χ3v) is 10.2. The fourth-order valence-electron chi connectivity index (χ4n) is 8.06. The summed E-state index contributed by atoms with van der Waals surface area (Å²) in [7, 11) is 0. The smallest absolute Gasteiger partial charge is 0.173 e. The normalized spacial score (nSPS) is 39.2. The molecule has 1 aromatic rings. The summed E-state index contributed by atoms with van der Waals surface area (Å²) >= 11 is 0. The molecule has 1 aromatic carbocycles. The third kappa shape index (κ3) is 3.11. The second-order valence-electron chi connectivity index (χ2n) is 11.4. The van der Waals surface area contributed by atoms with Crippen molar-refractivity contribution in [2.75, 3.05) is 31.2 Å². The summed E-state index contributed by atoms with van der Waals surface area (Å²) in [5.41, 5.74) is 4.51. The molecule has 6 rings (SSSR count). The number of ketones is 1.